The highest BCUT2D eigenvalue weighted by atomic mass is 16.5. The van der Waals surface area contributed by atoms with Gasteiger partial charge in [0.1, 0.15) is 18.1 Å². The van der Waals surface area contributed by atoms with Crippen LogP contribution in [0.4, 0.5) is 0 Å². The first-order valence-corrected chi connectivity index (χ1v) is 11.8. The van der Waals surface area contributed by atoms with Crippen molar-refractivity contribution in [2.24, 2.45) is 0 Å². The third-order valence-electron chi connectivity index (χ3n) is 6.65. The molecule has 1 saturated heterocycles. The Balaban J connectivity index is 1.41. The van der Waals surface area contributed by atoms with E-state index in [1.54, 1.807) is 12.1 Å². The number of nitrogens with zero attached hydrogens (tertiary/aromatic N) is 1. The predicted molar refractivity (Wildman–Crippen MR) is 132 cm³/mol. The van der Waals surface area contributed by atoms with Gasteiger partial charge in [0.2, 0.25) is 0 Å². The summed E-state index contributed by atoms with van der Waals surface area (Å²) in [4.78, 5) is 16.2. The molecular weight excluding hydrogens is 410 g/mol. The quantitative estimate of drug-likeness (QED) is 0.487. The average molecular weight is 440 g/mol. The van der Waals surface area contributed by atoms with Gasteiger partial charge in [-0.25, -0.2) is 0 Å². The molecule has 4 nitrogen and oxygen atoms in total. The molecule has 1 heterocycles. The monoisotopic (exact) mass is 439 g/mol. The number of aryl methyl sites for hydroxylation is 1. The molecule has 33 heavy (non-hydrogen) atoms. The number of ketones is 1. The van der Waals surface area contributed by atoms with Crippen molar-refractivity contribution in [1.82, 2.24) is 4.90 Å². The Hall–Kier alpha value is -3.37. The minimum atomic E-state index is 0.00381. The normalized spacial score (nSPS) is 16.0. The van der Waals surface area contributed by atoms with E-state index in [0.717, 1.165) is 66.1 Å². The highest BCUT2D eigenvalue weighted by molar-refractivity contribution is 6.35. The molecule has 2 aliphatic rings. The van der Waals surface area contributed by atoms with Gasteiger partial charge in [0.05, 0.1) is 0 Å². The standard InChI is InChI=1S/C29H29NO3/c31-24-11-15-27-23(20-24)10-14-26(21-6-2-1-3-7-21)28(27)29(32)22-8-12-25(13-9-22)33-19-18-30-16-4-5-17-30/h1-3,6-9,11-13,15,20,31H,4-5,10,14,16-19H2. The van der Waals surface area contributed by atoms with E-state index in [9.17, 15) is 9.90 Å². The lowest BCUT2D eigenvalue weighted by Crippen LogP contribution is -2.25. The summed E-state index contributed by atoms with van der Waals surface area (Å²) in [5.41, 5.74) is 5.43. The summed E-state index contributed by atoms with van der Waals surface area (Å²) in [6.45, 7) is 3.93. The van der Waals surface area contributed by atoms with Gasteiger partial charge in [-0.15, -0.1) is 0 Å². The van der Waals surface area contributed by atoms with Gasteiger partial charge in [0.25, 0.3) is 0 Å². The van der Waals surface area contributed by atoms with Crippen LogP contribution in [0.5, 0.6) is 11.5 Å². The number of fused-ring (bicyclic) bond motifs is 1. The first kappa shape index (κ1) is 21.5. The van der Waals surface area contributed by atoms with E-state index in [1.165, 1.54) is 12.8 Å². The number of phenolic OH excluding ortho intramolecular Hbond substituents is 1. The lowest BCUT2D eigenvalue weighted by Gasteiger charge is -2.23. The minimum Gasteiger partial charge on any atom is -0.508 e. The van der Waals surface area contributed by atoms with Gasteiger partial charge in [-0.1, -0.05) is 36.4 Å². The maximum atomic E-state index is 13.8. The third-order valence-corrected chi connectivity index (χ3v) is 6.65. The molecule has 3 aromatic carbocycles. The summed E-state index contributed by atoms with van der Waals surface area (Å²) in [5.74, 6) is 1.03. The van der Waals surface area contributed by atoms with Gasteiger partial charge in [0, 0.05) is 17.7 Å². The van der Waals surface area contributed by atoms with Crippen LogP contribution in [0.15, 0.2) is 72.8 Å². The second-order valence-corrected chi connectivity index (χ2v) is 8.81. The summed E-state index contributed by atoms with van der Waals surface area (Å²) in [6, 6.07) is 22.9. The maximum absolute atomic E-state index is 13.8. The second kappa shape index (κ2) is 9.63. The van der Waals surface area contributed by atoms with Crippen LogP contribution in [0.1, 0.15) is 46.3 Å². The lowest BCUT2D eigenvalue weighted by molar-refractivity contribution is 0.105. The Morgan fingerprint density at radius 2 is 1.67 bits per heavy atom. The summed E-state index contributed by atoms with van der Waals surface area (Å²) >= 11 is 0. The van der Waals surface area contributed by atoms with Crippen LogP contribution < -0.4 is 4.74 Å². The van der Waals surface area contributed by atoms with Crippen molar-refractivity contribution in [2.45, 2.75) is 25.7 Å². The smallest absolute Gasteiger partial charge is 0.193 e. The van der Waals surface area contributed by atoms with Gasteiger partial charge in [-0.2, -0.15) is 0 Å². The molecule has 0 bridgehead atoms. The molecule has 168 valence electrons. The van der Waals surface area contributed by atoms with E-state index in [-0.39, 0.29) is 11.5 Å². The number of Topliss-reactive ketones (excluding diaryl/α,β-unsaturated/α-hetero) is 1. The van der Waals surface area contributed by atoms with Gasteiger partial charge in [0.15, 0.2) is 5.78 Å². The number of phenols is 1. The fourth-order valence-electron chi connectivity index (χ4n) is 4.91. The van der Waals surface area contributed by atoms with Crippen LogP contribution in [-0.2, 0) is 6.42 Å². The molecule has 1 aliphatic carbocycles. The zero-order valence-corrected chi connectivity index (χ0v) is 18.8. The molecule has 0 radical (unpaired) electrons. The maximum Gasteiger partial charge on any atom is 0.193 e. The van der Waals surface area contributed by atoms with Crippen molar-refractivity contribution >= 4 is 16.9 Å². The number of rotatable bonds is 7. The number of carbonyl (C=O) groups excluding carboxylic acids is 1. The number of likely N-dealkylation sites (tertiary alicyclic amines) is 1. The molecule has 0 saturated carbocycles. The number of hydrogen-bond acceptors (Lipinski definition) is 4. The minimum absolute atomic E-state index is 0.00381. The highest BCUT2D eigenvalue weighted by Gasteiger charge is 2.26. The fourth-order valence-corrected chi connectivity index (χ4v) is 4.91. The van der Waals surface area contributed by atoms with Crippen LogP contribution >= 0.6 is 0 Å². The Labute approximate surface area is 195 Å². The summed E-state index contributed by atoms with van der Waals surface area (Å²) in [7, 11) is 0. The molecular formula is C29H29NO3. The molecule has 0 spiro atoms. The molecule has 1 N–H and O–H groups in total. The molecule has 0 amide bonds. The Bertz CT molecular complexity index is 1160. The van der Waals surface area contributed by atoms with Crippen LogP contribution in [0.3, 0.4) is 0 Å². The molecule has 4 heteroatoms. The summed E-state index contributed by atoms with van der Waals surface area (Å²) in [6.07, 6.45) is 4.12. The first-order chi connectivity index (χ1) is 16.2. The zero-order valence-electron chi connectivity index (χ0n) is 18.8. The fraction of sp³-hybridized carbons (Fsp3) is 0.276. The molecule has 0 unspecified atom stereocenters. The molecule has 0 atom stereocenters. The van der Waals surface area contributed by atoms with E-state index in [2.05, 4.69) is 17.0 Å². The zero-order chi connectivity index (χ0) is 22.6. The number of carbonyl (C=O) groups is 1. The molecule has 0 aromatic heterocycles. The largest absolute Gasteiger partial charge is 0.508 e. The lowest BCUT2D eigenvalue weighted by atomic mass is 9.79. The van der Waals surface area contributed by atoms with Crippen molar-refractivity contribution in [1.29, 1.82) is 0 Å². The van der Waals surface area contributed by atoms with E-state index in [1.807, 2.05) is 48.5 Å². The molecule has 1 fully saturated rings. The van der Waals surface area contributed by atoms with Crippen molar-refractivity contribution in [3.8, 4) is 11.5 Å². The van der Waals surface area contributed by atoms with E-state index < -0.39 is 0 Å². The predicted octanol–water partition coefficient (Wildman–Crippen LogP) is 5.61. The van der Waals surface area contributed by atoms with Crippen LogP contribution in [0.2, 0.25) is 0 Å². The van der Waals surface area contributed by atoms with E-state index >= 15 is 0 Å². The van der Waals surface area contributed by atoms with Gasteiger partial charge >= 0.3 is 0 Å². The molecule has 5 rings (SSSR count). The first-order valence-electron chi connectivity index (χ1n) is 11.8. The summed E-state index contributed by atoms with van der Waals surface area (Å²) in [5, 5.41) is 9.97. The number of hydrogen-bond donors (Lipinski definition) is 1. The van der Waals surface area contributed by atoms with E-state index in [0.29, 0.717) is 12.2 Å². The number of aromatic hydroxyl groups is 1. The highest BCUT2D eigenvalue weighted by Crippen LogP contribution is 2.40. The topological polar surface area (TPSA) is 49.8 Å². The van der Waals surface area contributed by atoms with Crippen molar-refractivity contribution in [3.05, 3.63) is 95.1 Å². The Kier molecular flexibility index (Phi) is 6.27. The third kappa shape index (κ3) is 4.71. The van der Waals surface area contributed by atoms with Crippen LogP contribution in [0.25, 0.3) is 11.1 Å². The number of benzene rings is 3. The average Bonchev–Trinajstić information content (AvgIpc) is 3.37. The Morgan fingerprint density at radius 3 is 2.42 bits per heavy atom. The van der Waals surface area contributed by atoms with Crippen molar-refractivity contribution in [3.63, 3.8) is 0 Å². The van der Waals surface area contributed by atoms with Gasteiger partial charge in [-0.05, 0) is 97.4 Å². The molecule has 3 aromatic rings. The van der Waals surface area contributed by atoms with Crippen molar-refractivity contribution in [2.75, 3.05) is 26.2 Å². The SMILES string of the molecule is O=C(C1=C(c2ccccc2)CCc2cc(O)ccc21)c1ccc(OCCN2CCCC2)cc1. The van der Waals surface area contributed by atoms with E-state index in [4.69, 9.17) is 4.74 Å². The number of ether oxygens (including phenoxy) is 1. The van der Waals surface area contributed by atoms with Gasteiger partial charge < -0.3 is 9.84 Å². The van der Waals surface area contributed by atoms with Crippen LogP contribution in [-0.4, -0.2) is 42.0 Å². The van der Waals surface area contributed by atoms with Gasteiger partial charge in [-0.3, -0.25) is 9.69 Å². The van der Waals surface area contributed by atoms with Crippen LogP contribution in [0, 0.1) is 0 Å². The second-order valence-electron chi connectivity index (χ2n) is 8.81. The Morgan fingerprint density at radius 1 is 0.909 bits per heavy atom. The molecule has 1 aliphatic heterocycles. The number of allylic oxidation sites excluding steroid dienone is 2. The van der Waals surface area contributed by atoms with Crippen molar-refractivity contribution < 1.29 is 14.6 Å². The summed E-state index contributed by atoms with van der Waals surface area (Å²) < 4.78 is 5.92.